The SMILES string of the molecule is COC(=O)[C@]12CCN[C@H]1CCOC2. The highest BCUT2D eigenvalue weighted by Crippen LogP contribution is 2.37. The first-order valence-corrected chi connectivity index (χ1v) is 4.69. The van der Waals surface area contributed by atoms with E-state index in [0.29, 0.717) is 6.61 Å². The molecule has 0 aromatic heterocycles. The number of carbonyl (C=O) groups excluding carboxylic acids is 1. The predicted octanol–water partition coefficient (Wildman–Crippen LogP) is -0.0720. The van der Waals surface area contributed by atoms with Crippen LogP contribution in [0.5, 0.6) is 0 Å². The topological polar surface area (TPSA) is 47.6 Å². The number of hydrogen-bond acceptors (Lipinski definition) is 4. The molecule has 2 aliphatic rings. The standard InChI is InChI=1S/C9H15NO3/c1-12-8(11)9-3-4-10-7(9)2-5-13-6-9/h7,10H,2-6H2,1H3/t7-,9-/m0/s1. The van der Waals surface area contributed by atoms with Crippen LogP contribution in [0.3, 0.4) is 0 Å². The molecule has 0 unspecified atom stereocenters. The largest absolute Gasteiger partial charge is 0.468 e. The van der Waals surface area contributed by atoms with Crippen LogP contribution in [0.1, 0.15) is 12.8 Å². The van der Waals surface area contributed by atoms with Crippen molar-refractivity contribution in [3.05, 3.63) is 0 Å². The van der Waals surface area contributed by atoms with Crippen molar-refractivity contribution < 1.29 is 14.3 Å². The summed E-state index contributed by atoms with van der Waals surface area (Å²) in [4.78, 5) is 11.6. The Morgan fingerprint density at radius 3 is 3.31 bits per heavy atom. The summed E-state index contributed by atoms with van der Waals surface area (Å²) in [5.74, 6) is -0.123. The van der Waals surface area contributed by atoms with Crippen molar-refractivity contribution in [1.29, 1.82) is 0 Å². The van der Waals surface area contributed by atoms with Crippen molar-refractivity contribution in [3.63, 3.8) is 0 Å². The maximum Gasteiger partial charge on any atom is 0.315 e. The number of fused-ring (bicyclic) bond motifs is 1. The van der Waals surface area contributed by atoms with Gasteiger partial charge in [-0.3, -0.25) is 4.79 Å². The lowest BCUT2D eigenvalue weighted by molar-refractivity contribution is -0.161. The zero-order valence-electron chi connectivity index (χ0n) is 7.84. The van der Waals surface area contributed by atoms with E-state index in [9.17, 15) is 4.79 Å². The minimum atomic E-state index is -0.396. The second-order valence-electron chi connectivity index (χ2n) is 3.75. The summed E-state index contributed by atoms with van der Waals surface area (Å²) in [6.07, 6.45) is 1.75. The van der Waals surface area contributed by atoms with E-state index in [2.05, 4.69) is 5.32 Å². The van der Waals surface area contributed by atoms with E-state index in [4.69, 9.17) is 9.47 Å². The molecule has 4 heteroatoms. The number of esters is 1. The molecule has 4 nitrogen and oxygen atoms in total. The molecule has 0 amide bonds. The van der Waals surface area contributed by atoms with Crippen molar-refractivity contribution >= 4 is 5.97 Å². The number of carbonyl (C=O) groups is 1. The Hall–Kier alpha value is -0.610. The summed E-state index contributed by atoms with van der Waals surface area (Å²) >= 11 is 0. The van der Waals surface area contributed by atoms with Crippen molar-refractivity contribution in [2.75, 3.05) is 26.9 Å². The molecule has 74 valence electrons. The second kappa shape index (κ2) is 3.27. The normalized spacial score (nSPS) is 38.4. The molecule has 0 aliphatic carbocycles. The van der Waals surface area contributed by atoms with Gasteiger partial charge < -0.3 is 14.8 Å². The lowest BCUT2D eigenvalue weighted by Gasteiger charge is -2.35. The first-order valence-electron chi connectivity index (χ1n) is 4.69. The third-order valence-electron chi connectivity index (χ3n) is 3.13. The fraction of sp³-hybridized carbons (Fsp3) is 0.889. The van der Waals surface area contributed by atoms with E-state index in [1.807, 2.05) is 0 Å². The molecule has 0 aromatic rings. The first kappa shape index (κ1) is 8.97. The summed E-state index contributed by atoms with van der Waals surface area (Å²) in [6.45, 7) is 2.15. The summed E-state index contributed by atoms with van der Waals surface area (Å²) in [5, 5.41) is 3.33. The van der Waals surface area contributed by atoms with Gasteiger partial charge in [0.1, 0.15) is 5.41 Å². The van der Waals surface area contributed by atoms with Gasteiger partial charge in [0.05, 0.1) is 13.7 Å². The first-order chi connectivity index (χ1) is 6.29. The van der Waals surface area contributed by atoms with Crippen LogP contribution in [0.4, 0.5) is 0 Å². The molecule has 2 rings (SSSR count). The van der Waals surface area contributed by atoms with Gasteiger partial charge in [0, 0.05) is 12.6 Å². The zero-order valence-corrected chi connectivity index (χ0v) is 7.84. The van der Waals surface area contributed by atoms with Gasteiger partial charge >= 0.3 is 5.97 Å². The highest BCUT2D eigenvalue weighted by atomic mass is 16.5. The number of hydrogen-bond donors (Lipinski definition) is 1. The van der Waals surface area contributed by atoms with Gasteiger partial charge in [-0.05, 0) is 19.4 Å². The summed E-state index contributed by atoms with van der Waals surface area (Å²) in [5.41, 5.74) is -0.396. The average Bonchev–Trinajstić information content (AvgIpc) is 2.61. The Morgan fingerprint density at radius 1 is 1.69 bits per heavy atom. The Balaban J connectivity index is 2.20. The van der Waals surface area contributed by atoms with Crippen LogP contribution in [0.15, 0.2) is 0 Å². The summed E-state index contributed by atoms with van der Waals surface area (Å²) in [6, 6.07) is 0.258. The van der Waals surface area contributed by atoms with Gasteiger partial charge in [0.15, 0.2) is 0 Å². The monoisotopic (exact) mass is 185 g/mol. The Morgan fingerprint density at radius 2 is 2.54 bits per heavy atom. The van der Waals surface area contributed by atoms with E-state index in [0.717, 1.165) is 26.0 Å². The average molecular weight is 185 g/mol. The van der Waals surface area contributed by atoms with E-state index in [1.54, 1.807) is 0 Å². The van der Waals surface area contributed by atoms with Gasteiger partial charge in [-0.25, -0.2) is 0 Å². The molecule has 2 heterocycles. The number of nitrogens with one attached hydrogen (secondary N) is 1. The van der Waals surface area contributed by atoms with Crippen molar-refractivity contribution in [2.45, 2.75) is 18.9 Å². The van der Waals surface area contributed by atoms with Crippen LogP contribution < -0.4 is 5.32 Å². The third-order valence-corrected chi connectivity index (χ3v) is 3.13. The highest BCUT2D eigenvalue weighted by Gasteiger charge is 2.51. The molecule has 2 atom stereocenters. The molecule has 1 N–H and O–H groups in total. The Labute approximate surface area is 77.6 Å². The van der Waals surface area contributed by atoms with E-state index in [-0.39, 0.29) is 12.0 Å². The fourth-order valence-corrected chi connectivity index (χ4v) is 2.35. The molecule has 13 heavy (non-hydrogen) atoms. The van der Waals surface area contributed by atoms with E-state index < -0.39 is 5.41 Å². The van der Waals surface area contributed by atoms with Crippen LogP contribution in [-0.2, 0) is 14.3 Å². The molecule has 0 spiro atoms. The minimum Gasteiger partial charge on any atom is -0.468 e. The van der Waals surface area contributed by atoms with Gasteiger partial charge in [0.25, 0.3) is 0 Å². The number of ether oxygens (including phenoxy) is 2. The molecule has 0 radical (unpaired) electrons. The molecule has 0 aromatic carbocycles. The van der Waals surface area contributed by atoms with Crippen LogP contribution >= 0.6 is 0 Å². The highest BCUT2D eigenvalue weighted by molar-refractivity contribution is 5.78. The molecular formula is C9H15NO3. The van der Waals surface area contributed by atoms with Crippen molar-refractivity contribution in [3.8, 4) is 0 Å². The van der Waals surface area contributed by atoms with Crippen molar-refractivity contribution in [2.24, 2.45) is 5.41 Å². The van der Waals surface area contributed by atoms with Gasteiger partial charge in [0.2, 0.25) is 0 Å². The van der Waals surface area contributed by atoms with E-state index >= 15 is 0 Å². The van der Waals surface area contributed by atoms with Crippen molar-refractivity contribution in [1.82, 2.24) is 5.32 Å². The molecule has 2 fully saturated rings. The molecule has 0 saturated carbocycles. The number of methoxy groups -OCH3 is 1. The molecule has 2 saturated heterocycles. The quantitative estimate of drug-likeness (QED) is 0.581. The Bertz CT molecular complexity index is 219. The predicted molar refractivity (Wildman–Crippen MR) is 46.3 cm³/mol. The lowest BCUT2D eigenvalue weighted by Crippen LogP contribution is -2.50. The van der Waals surface area contributed by atoms with Crippen LogP contribution in [0, 0.1) is 5.41 Å². The molecule has 0 bridgehead atoms. The molecule has 2 aliphatic heterocycles. The summed E-state index contributed by atoms with van der Waals surface area (Å²) in [7, 11) is 1.45. The van der Waals surface area contributed by atoms with Gasteiger partial charge in [-0.2, -0.15) is 0 Å². The Kier molecular flexibility index (Phi) is 2.26. The van der Waals surface area contributed by atoms with Crippen LogP contribution in [-0.4, -0.2) is 38.9 Å². The van der Waals surface area contributed by atoms with Crippen LogP contribution in [0.2, 0.25) is 0 Å². The van der Waals surface area contributed by atoms with Gasteiger partial charge in [-0.15, -0.1) is 0 Å². The van der Waals surface area contributed by atoms with Crippen LogP contribution in [0.25, 0.3) is 0 Å². The summed E-state index contributed by atoms with van der Waals surface area (Å²) < 4.78 is 10.2. The second-order valence-corrected chi connectivity index (χ2v) is 3.75. The lowest BCUT2D eigenvalue weighted by atomic mass is 9.78. The molecular weight excluding hydrogens is 170 g/mol. The maximum absolute atomic E-state index is 11.6. The third kappa shape index (κ3) is 1.25. The minimum absolute atomic E-state index is 0.123. The fourth-order valence-electron chi connectivity index (χ4n) is 2.35. The maximum atomic E-state index is 11.6. The zero-order chi connectivity index (χ0) is 9.31. The van der Waals surface area contributed by atoms with Gasteiger partial charge in [-0.1, -0.05) is 0 Å². The van der Waals surface area contributed by atoms with E-state index in [1.165, 1.54) is 7.11 Å². The smallest absolute Gasteiger partial charge is 0.315 e. The number of rotatable bonds is 1.